The fraction of sp³-hybridized carbons (Fsp3) is 0.475. The Morgan fingerprint density at radius 3 is 2.02 bits per heavy atom. The molecule has 2 aliphatic rings. The van der Waals surface area contributed by atoms with Gasteiger partial charge in [0.05, 0.1) is 43.4 Å². The van der Waals surface area contributed by atoms with E-state index in [1.54, 1.807) is 28.4 Å². The Kier molecular flexibility index (Phi) is 12.0. The number of alkyl carbamates (subject to hydrolysis) is 2. The number of likely N-dealkylation sites (tertiary alicyclic amines) is 2. The van der Waals surface area contributed by atoms with Gasteiger partial charge in [0, 0.05) is 49.7 Å². The highest BCUT2D eigenvalue weighted by atomic mass is 16.5. The number of H-pyrrole nitrogens is 1. The lowest BCUT2D eigenvalue weighted by Gasteiger charge is -2.34. The molecule has 2 aliphatic heterocycles. The van der Waals surface area contributed by atoms with Gasteiger partial charge < -0.3 is 50.4 Å². The van der Waals surface area contributed by atoms with Gasteiger partial charge in [0.2, 0.25) is 17.8 Å². The Labute approximate surface area is 330 Å². The number of carbonyl (C=O) groups excluding carboxylic acids is 4. The molecule has 17 nitrogen and oxygen atoms in total. The number of amides is 4. The lowest BCUT2D eigenvalue weighted by Crippen LogP contribution is -2.58. The lowest BCUT2D eigenvalue weighted by atomic mass is 9.97. The lowest BCUT2D eigenvalue weighted by molar-refractivity contribution is -0.140. The largest absolute Gasteiger partial charge is 0.453 e. The number of aromatic nitrogens is 4. The van der Waals surface area contributed by atoms with Gasteiger partial charge in [-0.05, 0) is 81.3 Å². The van der Waals surface area contributed by atoms with E-state index in [9.17, 15) is 29.4 Å². The van der Waals surface area contributed by atoms with Crippen molar-refractivity contribution in [2.75, 3.05) is 45.7 Å². The van der Waals surface area contributed by atoms with Crippen LogP contribution in [0.5, 0.6) is 0 Å². The number of nitrogens with zero attached hydrogens (tertiary/aromatic N) is 5. The second-order valence-corrected chi connectivity index (χ2v) is 15.7. The van der Waals surface area contributed by atoms with Crippen LogP contribution in [0.4, 0.5) is 15.5 Å². The average molecular weight is 786 g/mol. The highest BCUT2D eigenvalue weighted by Crippen LogP contribution is 2.34. The van der Waals surface area contributed by atoms with Crippen molar-refractivity contribution in [3.05, 3.63) is 60.8 Å². The molecular formula is C40H51N9O8. The van der Waals surface area contributed by atoms with Gasteiger partial charge in [-0.3, -0.25) is 9.59 Å². The summed E-state index contributed by atoms with van der Waals surface area (Å²) in [4.78, 5) is 70.9. The number of nitrogens with one attached hydrogen (secondary N) is 4. The maximum Gasteiger partial charge on any atom is 0.407 e. The summed E-state index contributed by atoms with van der Waals surface area (Å²) in [6.07, 6.45) is 5.87. The number of rotatable bonds is 12. The zero-order valence-electron chi connectivity index (χ0n) is 33.0. The number of benzene rings is 2. The summed E-state index contributed by atoms with van der Waals surface area (Å²) in [6, 6.07) is 9.57. The van der Waals surface area contributed by atoms with E-state index in [4.69, 9.17) is 0 Å². The summed E-state index contributed by atoms with van der Waals surface area (Å²) in [6.45, 7) is 7.85. The van der Waals surface area contributed by atoms with E-state index < -0.39 is 41.4 Å². The zero-order valence-corrected chi connectivity index (χ0v) is 33.0. The van der Waals surface area contributed by atoms with Crippen LogP contribution in [-0.4, -0.2) is 128 Å². The quantitative estimate of drug-likeness (QED) is 0.121. The highest BCUT2D eigenvalue weighted by Gasteiger charge is 2.43. The normalized spacial score (nSPS) is 18.2. The third-order valence-corrected chi connectivity index (χ3v) is 10.5. The maximum atomic E-state index is 13.6. The van der Waals surface area contributed by atoms with Gasteiger partial charge in [0.25, 0.3) is 0 Å². The third kappa shape index (κ3) is 9.43. The van der Waals surface area contributed by atoms with Crippen LogP contribution in [0.3, 0.4) is 0 Å². The van der Waals surface area contributed by atoms with Crippen molar-refractivity contribution in [2.24, 2.45) is 5.92 Å². The summed E-state index contributed by atoms with van der Waals surface area (Å²) in [5.41, 5.74) is 0.532. The minimum atomic E-state index is -1.52. The van der Waals surface area contributed by atoms with Crippen molar-refractivity contribution < 1.29 is 38.9 Å². The van der Waals surface area contributed by atoms with E-state index >= 15 is 0 Å². The van der Waals surface area contributed by atoms with Gasteiger partial charge in [-0.1, -0.05) is 24.3 Å². The summed E-state index contributed by atoms with van der Waals surface area (Å²) in [5, 5.41) is 31.4. The van der Waals surface area contributed by atoms with Crippen molar-refractivity contribution in [3.8, 4) is 22.4 Å². The molecule has 0 unspecified atom stereocenters. The predicted octanol–water partition coefficient (Wildman–Crippen LogP) is 3.60. The number of imidazole rings is 1. The molecule has 0 spiro atoms. The average Bonchev–Trinajstić information content (AvgIpc) is 3.98. The standard InChI is InChI=1S/C40H51N9O8/c1-39(2,54)31(46-37(52)56-5)34(50)48-15-13-23(22-48)18-42-36-43-19-28(20-44-36)26-10-9-25-17-27(12-11-24(25)16-26)29-21-41-33(45-29)30-8-7-14-49(30)35(51)32(40(3,4)55)47-38(53)57-6/h9-12,16-17,19-21,23,30-32,54-55H,7-8,13-15,18,22H2,1-6H3,(H,41,45)(H,46,52)(H,47,53)(H,42,43,44)/t23-,30+,31+,32-/m1/s1. The number of carbonyl (C=O) groups is 4. The van der Waals surface area contributed by atoms with E-state index in [1.165, 1.54) is 41.9 Å². The summed E-state index contributed by atoms with van der Waals surface area (Å²) in [7, 11) is 2.41. The molecule has 0 aliphatic carbocycles. The summed E-state index contributed by atoms with van der Waals surface area (Å²) in [5.74, 6) is 0.450. The number of hydrogen-bond acceptors (Lipinski definition) is 12. The first-order chi connectivity index (χ1) is 27.0. The maximum absolute atomic E-state index is 13.6. The first kappa shape index (κ1) is 40.8. The van der Waals surface area contributed by atoms with Crippen LogP contribution < -0.4 is 16.0 Å². The Morgan fingerprint density at radius 2 is 1.40 bits per heavy atom. The minimum absolute atomic E-state index is 0.132. The second kappa shape index (κ2) is 16.7. The minimum Gasteiger partial charge on any atom is -0.453 e. The van der Waals surface area contributed by atoms with E-state index in [2.05, 4.69) is 57.5 Å². The molecule has 4 amide bonds. The Hall–Kier alpha value is -5.81. The molecule has 2 aromatic carbocycles. The fourth-order valence-electron chi connectivity index (χ4n) is 7.35. The van der Waals surface area contributed by atoms with Crippen molar-refractivity contribution in [1.82, 2.24) is 40.4 Å². The fourth-order valence-corrected chi connectivity index (χ4v) is 7.35. The van der Waals surface area contributed by atoms with E-state index in [1.807, 2.05) is 24.3 Å². The number of aliphatic hydroxyl groups is 2. The zero-order chi connectivity index (χ0) is 41.1. The van der Waals surface area contributed by atoms with Crippen LogP contribution in [0.15, 0.2) is 55.0 Å². The van der Waals surface area contributed by atoms with Crippen molar-refractivity contribution in [3.63, 3.8) is 0 Å². The number of anilines is 1. The molecule has 0 bridgehead atoms. The number of aromatic amines is 1. The predicted molar refractivity (Wildman–Crippen MR) is 211 cm³/mol. The Morgan fingerprint density at radius 1 is 0.807 bits per heavy atom. The SMILES string of the molecule is COC(=O)N[C@H](C(=O)N1CCC[C@H]1c1ncc(-c2ccc3cc(-c4cnc(NC[C@H]5CCN(C(=O)[C@H](NC(=O)OC)C(C)(C)O)C5)nc4)ccc3c2)[nH]1)C(C)(C)O. The van der Waals surface area contributed by atoms with E-state index in [0.29, 0.717) is 44.4 Å². The van der Waals surface area contributed by atoms with E-state index in [-0.39, 0.29) is 17.9 Å². The van der Waals surface area contributed by atoms with Crippen LogP contribution in [0, 0.1) is 5.92 Å². The molecule has 4 atom stereocenters. The van der Waals surface area contributed by atoms with Gasteiger partial charge >= 0.3 is 12.2 Å². The van der Waals surface area contributed by atoms with Crippen LogP contribution in [-0.2, 0) is 19.1 Å². The molecule has 6 rings (SSSR count). The molecule has 2 fully saturated rings. The topological polar surface area (TPSA) is 224 Å². The molecule has 2 aromatic heterocycles. The molecule has 0 radical (unpaired) electrons. The van der Waals surface area contributed by atoms with Crippen molar-refractivity contribution in [1.29, 1.82) is 0 Å². The molecule has 2 saturated heterocycles. The molecule has 4 aromatic rings. The molecule has 17 heteroatoms. The van der Waals surface area contributed by atoms with Crippen LogP contribution >= 0.6 is 0 Å². The molecule has 4 heterocycles. The summed E-state index contributed by atoms with van der Waals surface area (Å²) >= 11 is 0. The van der Waals surface area contributed by atoms with Crippen molar-refractivity contribution >= 4 is 40.7 Å². The Balaban J connectivity index is 1.06. The van der Waals surface area contributed by atoms with Crippen molar-refractivity contribution in [2.45, 2.75) is 76.3 Å². The summed E-state index contributed by atoms with van der Waals surface area (Å²) < 4.78 is 9.32. The molecule has 0 saturated carbocycles. The van der Waals surface area contributed by atoms with Gasteiger partial charge in [-0.25, -0.2) is 24.5 Å². The molecule has 57 heavy (non-hydrogen) atoms. The third-order valence-electron chi connectivity index (χ3n) is 10.5. The highest BCUT2D eigenvalue weighted by molar-refractivity contribution is 5.91. The first-order valence-corrected chi connectivity index (χ1v) is 18.9. The molecular weight excluding hydrogens is 734 g/mol. The molecule has 304 valence electrons. The van der Waals surface area contributed by atoms with Gasteiger partial charge in [0.1, 0.15) is 17.9 Å². The number of fused-ring (bicyclic) bond motifs is 1. The van der Waals surface area contributed by atoms with E-state index in [0.717, 1.165) is 46.0 Å². The molecule has 6 N–H and O–H groups in total. The smallest absolute Gasteiger partial charge is 0.407 e. The Bertz CT molecular complexity index is 2090. The number of methoxy groups -OCH3 is 2. The van der Waals surface area contributed by atoms with Gasteiger partial charge in [-0.15, -0.1) is 0 Å². The van der Waals surface area contributed by atoms with Gasteiger partial charge in [-0.2, -0.15) is 0 Å². The monoisotopic (exact) mass is 785 g/mol. The van der Waals surface area contributed by atoms with Crippen LogP contribution in [0.2, 0.25) is 0 Å². The van der Waals surface area contributed by atoms with Gasteiger partial charge in [0.15, 0.2) is 0 Å². The number of ether oxygens (including phenoxy) is 2. The van der Waals surface area contributed by atoms with Crippen LogP contribution in [0.25, 0.3) is 33.2 Å². The second-order valence-electron chi connectivity index (χ2n) is 15.7. The van der Waals surface area contributed by atoms with Crippen LogP contribution in [0.1, 0.15) is 58.8 Å². The number of hydrogen-bond donors (Lipinski definition) is 6. The first-order valence-electron chi connectivity index (χ1n) is 18.9.